The third-order valence-corrected chi connectivity index (χ3v) is 5.59. The van der Waals surface area contributed by atoms with E-state index in [1.54, 1.807) is 6.20 Å². The molecule has 2 saturated heterocycles. The first-order valence-electron chi connectivity index (χ1n) is 9.51. The number of carbonyl (C=O) groups is 2. The van der Waals surface area contributed by atoms with Gasteiger partial charge in [-0.25, -0.2) is 0 Å². The Balaban J connectivity index is 1.50. The van der Waals surface area contributed by atoms with Crippen LogP contribution in [0.1, 0.15) is 45.1 Å². The van der Waals surface area contributed by atoms with E-state index >= 15 is 0 Å². The maximum atomic E-state index is 12.9. The first kappa shape index (κ1) is 17.9. The van der Waals surface area contributed by atoms with Gasteiger partial charge in [-0.15, -0.1) is 0 Å². The molecule has 0 saturated carbocycles. The highest BCUT2D eigenvalue weighted by Gasteiger charge is 2.34. The zero-order valence-electron chi connectivity index (χ0n) is 15.4. The normalized spacial score (nSPS) is 22.5. The van der Waals surface area contributed by atoms with E-state index in [0.717, 1.165) is 32.4 Å². The third-order valence-electron chi connectivity index (χ3n) is 5.59. The number of amides is 2. The van der Waals surface area contributed by atoms with Crippen molar-refractivity contribution in [2.75, 3.05) is 19.6 Å². The predicted octanol–water partition coefficient (Wildman–Crippen LogP) is 2.51. The van der Waals surface area contributed by atoms with Gasteiger partial charge in [-0.05, 0) is 57.1 Å². The van der Waals surface area contributed by atoms with Crippen LogP contribution in [0.4, 0.5) is 0 Å². The van der Waals surface area contributed by atoms with E-state index in [9.17, 15) is 9.59 Å². The van der Waals surface area contributed by atoms with Gasteiger partial charge in [0.2, 0.25) is 11.8 Å². The molecule has 25 heavy (non-hydrogen) atoms. The minimum Gasteiger partial charge on any atom is -0.342 e. The quantitative estimate of drug-likeness (QED) is 0.844. The molecule has 5 heteroatoms. The predicted molar refractivity (Wildman–Crippen MR) is 96.8 cm³/mol. The highest BCUT2D eigenvalue weighted by Crippen LogP contribution is 2.26. The van der Waals surface area contributed by atoms with E-state index in [4.69, 9.17) is 0 Å². The van der Waals surface area contributed by atoms with Gasteiger partial charge in [-0.2, -0.15) is 0 Å². The minimum absolute atomic E-state index is 0.0185. The van der Waals surface area contributed by atoms with E-state index in [1.165, 1.54) is 5.56 Å². The van der Waals surface area contributed by atoms with Gasteiger partial charge in [0.05, 0.1) is 5.92 Å². The second-order valence-electron chi connectivity index (χ2n) is 7.71. The molecule has 5 nitrogen and oxygen atoms in total. The molecule has 0 unspecified atom stereocenters. The lowest BCUT2D eigenvalue weighted by Crippen LogP contribution is -2.50. The topological polar surface area (TPSA) is 53.5 Å². The SMILES string of the molecule is CC(C)N1C[C@H](C(=O)N2CCC(Cc3cccnc3)CC2)CCC1=O. The fourth-order valence-corrected chi connectivity index (χ4v) is 4.04. The van der Waals surface area contributed by atoms with Crippen molar-refractivity contribution in [3.63, 3.8) is 0 Å². The number of piperidine rings is 2. The van der Waals surface area contributed by atoms with Crippen LogP contribution in [-0.4, -0.2) is 52.3 Å². The van der Waals surface area contributed by atoms with E-state index < -0.39 is 0 Å². The molecule has 0 spiro atoms. The lowest BCUT2D eigenvalue weighted by molar-refractivity contribution is -0.145. The van der Waals surface area contributed by atoms with Crippen molar-refractivity contribution >= 4 is 11.8 Å². The van der Waals surface area contributed by atoms with E-state index in [1.807, 2.05) is 35.9 Å². The molecule has 0 aromatic carbocycles. The van der Waals surface area contributed by atoms with Crippen LogP contribution in [0.2, 0.25) is 0 Å². The fourth-order valence-electron chi connectivity index (χ4n) is 4.04. The van der Waals surface area contributed by atoms with Gasteiger partial charge >= 0.3 is 0 Å². The molecule has 0 radical (unpaired) electrons. The summed E-state index contributed by atoms with van der Waals surface area (Å²) in [5.41, 5.74) is 1.28. The molecule has 3 rings (SSSR count). The van der Waals surface area contributed by atoms with Gasteiger partial charge in [-0.3, -0.25) is 14.6 Å². The number of carbonyl (C=O) groups excluding carboxylic acids is 2. The summed E-state index contributed by atoms with van der Waals surface area (Å²) in [4.78, 5) is 32.9. The molecule has 2 amide bonds. The number of aromatic nitrogens is 1. The molecule has 2 fully saturated rings. The van der Waals surface area contributed by atoms with Crippen LogP contribution in [0.3, 0.4) is 0 Å². The number of hydrogen-bond acceptors (Lipinski definition) is 3. The Morgan fingerprint density at radius 1 is 1.28 bits per heavy atom. The zero-order chi connectivity index (χ0) is 17.8. The van der Waals surface area contributed by atoms with Gasteiger partial charge < -0.3 is 9.80 Å². The lowest BCUT2D eigenvalue weighted by Gasteiger charge is -2.39. The van der Waals surface area contributed by atoms with Crippen LogP contribution in [-0.2, 0) is 16.0 Å². The van der Waals surface area contributed by atoms with Crippen molar-refractivity contribution in [2.24, 2.45) is 11.8 Å². The number of nitrogens with zero attached hydrogens (tertiary/aromatic N) is 3. The monoisotopic (exact) mass is 343 g/mol. The van der Waals surface area contributed by atoms with Crippen molar-refractivity contribution in [1.82, 2.24) is 14.8 Å². The minimum atomic E-state index is -0.0185. The van der Waals surface area contributed by atoms with E-state index in [-0.39, 0.29) is 23.8 Å². The molecule has 2 aliphatic heterocycles. The Morgan fingerprint density at radius 2 is 2.04 bits per heavy atom. The van der Waals surface area contributed by atoms with E-state index in [2.05, 4.69) is 11.1 Å². The van der Waals surface area contributed by atoms with Crippen LogP contribution >= 0.6 is 0 Å². The summed E-state index contributed by atoms with van der Waals surface area (Å²) in [5, 5.41) is 0. The molecule has 0 bridgehead atoms. The fraction of sp³-hybridized carbons (Fsp3) is 0.650. The Labute approximate surface area is 150 Å². The van der Waals surface area contributed by atoms with E-state index in [0.29, 0.717) is 25.3 Å². The molecular formula is C20H29N3O2. The maximum absolute atomic E-state index is 12.9. The average Bonchev–Trinajstić information content (AvgIpc) is 2.63. The Morgan fingerprint density at radius 3 is 2.68 bits per heavy atom. The average molecular weight is 343 g/mol. The van der Waals surface area contributed by atoms with Crippen molar-refractivity contribution in [3.05, 3.63) is 30.1 Å². The zero-order valence-corrected chi connectivity index (χ0v) is 15.4. The summed E-state index contributed by atoms with van der Waals surface area (Å²) < 4.78 is 0. The summed E-state index contributed by atoms with van der Waals surface area (Å²) in [7, 11) is 0. The highest BCUT2D eigenvalue weighted by molar-refractivity contribution is 5.84. The highest BCUT2D eigenvalue weighted by atomic mass is 16.2. The molecule has 2 aliphatic rings. The Kier molecular flexibility index (Phi) is 5.71. The summed E-state index contributed by atoms with van der Waals surface area (Å²) in [5.74, 6) is 1.05. The molecule has 136 valence electrons. The van der Waals surface area contributed by atoms with Gasteiger partial charge in [0.1, 0.15) is 0 Å². The number of rotatable bonds is 4. The Hall–Kier alpha value is -1.91. The summed E-state index contributed by atoms with van der Waals surface area (Å²) >= 11 is 0. The van der Waals surface area contributed by atoms with Crippen LogP contribution in [0.15, 0.2) is 24.5 Å². The second kappa shape index (κ2) is 7.98. The standard InChI is InChI=1S/C20H29N3O2/c1-15(2)23-14-18(5-6-19(23)24)20(25)22-10-7-16(8-11-22)12-17-4-3-9-21-13-17/h3-4,9,13,15-16,18H,5-8,10-12,14H2,1-2H3/t18-/m1/s1. The van der Waals surface area contributed by atoms with Crippen LogP contribution in [0.25, 0.3) is 0 Å². The summed E-state index contributed by atoms with van der Waals surface area (Å²) in [6.07, 6.45) is 8.12. The largest absolute Gasteiger partial charge is 0.342 e. The van der Waals surface area contributed by atoms with Gasteiger partial charge in [0.15, 0.2) is 0 Å². The molecular weight excluding hydrogens is 314 g/mol. The van der Waals surface area contributed by atoms with Crippen molar-refractivity contribution in [1.29, 1.82) is 0 Å². The summed E-state index contributed by atoms with van der Waals surface area (Å²) in [6.45, 7) is 6.32. The van der Waals surface area contributed by atoms with Gasteiger partial charge in [0, 0.05) is 44.5 Å². The van der Waals surface area contributed by atoms with Gasteiger partial charge in [-0.1, -0.05) is 6.07 Å². The molecule has 1 aromatic rings. The maximum Gasteiger partial charge on any atom is 0.227 e. The summed E-state index contributed by atoms with van der Waals surface area (Å²) in [6, 6.07) is 4.29. The molecule has 1 atom stereocenters. The van der Waals surface area contributed by atoms with Crippen molar-refractivity contribution in [2.45, 2.75) is 52.0 Å². The first-order chi connectivity index (χ1) is 12.0. The van der Waals surface area contributed by atoms with Crippen LogP contribution in [0.5, 0.6) is 0 Å². The molecule has 0 aliphatic carbocycles. The number of likely N-dealkylation sites (tertiary alicyclic amines) is 2. The van der Waals surface area contributed by atoms with Crippen LogP contribution < -0.4 is 0 Å². The van der Waals surface area contributed by atoms with Crippen molar-refractivity contribution in [3.8, 4) is 0 Å². The molecule has 1 aromatic heterocycles. The van der Waals surface area contributed by atoms with Gasteiger partial charge in [0.25, 0.3) is 0 Å². The lowest BCUT2D eigenvalue weighted by atomic mass is 9.89. The smallest absolute Gasteiger partial charge is 0.227 e. The molecule has 3 heterocycles. The number of pyridine rings is 1. The Bertz CT molecular complexity index is 594. The van der Waals surface area contributed by atoms with Crippen molar-refractivity contribution < 1.29 is 9.59 Å². The van der Waals surface area contributed by atoms with Crippen LogP contribution in [0, 0.1) is 11.8 Å². The number of hydrogen-bond donors (Lipinski definition) is 0. The third kappa shape index (κ3) is 4.39. The molecule has 0 N–H and O–H groups in total. The second-order valence-corrected chi connectivity index (χ2v) is 7.71. The first-order valence-corrected chi connectivity index (χ1v) is 9.51.